The van der Waals surface area contributed by atoms with E-state index in [1.807, 2.05) is 61.5 Å². The molecule has 238 valence electrons. The Hall–Kier alpha value is -4.11. The number of esters is 1. The fourth-order valence-corrected chi connectivity index (χ4v) is 6.51. The number of carbonyl (C=O) groups excluding carboxylic acids is 1. The largest absolute Gasteiger partial charge is 0.490 e. The van der Waals surface area contributed by atoms with Crippen molar-refractivity contribution in [3.05, 3.63) is 137 Å². The zero-order valence-corrected chi connectivity index (χ0v) is 28.3. The third-order valence-corrected chi connectivity index (χ3v) is 8.67. The molecule has 46 heavy (non-hydrogen) atoms. The number of thiazole rings is 1. The molecule has 0 N–H and O–H groups in total. The Morgan fingerprint density at radius 1 is 1.07 bits per heavy atom. The van der Waals surface area contributed by atoms with Crippen LogP contribution in [0.3, 0.4) is 0 Å². The van der Waals surface area contributed by atoms with Crippen LogP contribution in [0.4, 0.5) is 0 Å². The van der Waals surface area contributed by atoms with Crippen LogP contribution in [0.5, 0.6) is 11.5 Å². The number of allylic oxidation sites excluding steroid dienone is 2. The molecule has 3 aromatic carbocycles. The maximum Gasteiger partial charge on any atom is 0.338 e. The minimum atomic E-state index is -0.735. The van der Waals surface area contributed by atoms with E-state index in [0.29, 0.717) is 61.8 Å². The van der Waals surface area contributed by atoms with E-state index in [9.17, 15) is 9.59 Å². The second kappa shape index (κ2) is 14.5. The lowest BCUT2D eigenvalue weighted by atomic mass is 9.96. The van der Waals surface area contributed by atoms with Crippen molar-refractivity contribution in [2.24, 2.45) is 4.99 Å². The van der Waals surface area contributed by atoms with Crippen molar-refractivity contribution >= 4 is 46.6 Å². The van der Waals surface area contributed by atoms with Gasteiger partial charge in [0.25, 0.3) is 5.56 Å². The summed E-state index contributed by atoms with van der Waals surface area (Å²) in [6.07, 6.45) is 3.79. The van der Waals surface area contributed by atoms with Crippen LogP contribution in [-0.4, -0.2) is 23.2 Å². The molecule has 0 fully saturated rings. The molecule has 0 amide bonds. The molecule has 4 aromatic rings. The van der Waals surface area contributed by atoms with Gasteiger partial charge in [-0.3, -0.25) is 9.36 Å². The van der Waals surface area contributed by atoms with Crippen molar-refractivity contribution in [3.63, 3.8) is 0 Å². The second-order valence-electron chi connectivity index (χ2n) is 10.9. The van der Waals surface area contributed by atoms with E-state index in [-0.39, 0.29) is 11.7 Å². The van der Waals surface area contributed by atoms with Crippen LogP contribution in [0, 0.1) is 0 Å². The fourth-order valence-electron chi connectivity index (χ4n) is 5.21. The first-order chi connectivity index (χ1) is 22.1. The van der Waals surface area contributed by atoms with Crippen LogP contribution in [0.1, 0.15) is 56.0 Å². The van der Waals surface area contributed by atoms with Crippen molar-refractivity contribution < 1.29 is 19.0 Å². The molecule has 0 aliphatic carbocycles. The van der Waals surface area contributed by atoms with Gasteiger partial charge in [-0.1, -0.05) is 64.9 Å². The van der Waals surface area contributed by atoms with Crippen molar-refractivity contribution in [1.82, 2.24) is 4.57 Å². The summed E-state index contributed by atoms with van der Waals surface area (Å²) in [4.78, 5) is 32.7. The highest BCUT2D eigenvalue weighted by molar-refractivity contribution is 7.07. The Balaban J connectivity index is 1.62. The summed E-state index contributed by atoms with van der Waals surface area (Å²) in [5.41, 5.74) is 3.82. The number of benzene rings is 3. The van der Waals surface area contributed by atoms with Crippen LogP contribution in [0.15, 0.2) is 94.4 Å². The predicted octanol–water partition coefficient (Wildman–Crippen LogP) is 7.20. The lowest BCUT2D eigenvalue weighted by Gasteiger charge is -2.25. The summed E-state index contributed by atoms with van der Waals surface area (Å²) in [6, 6.07) is 17.7. The number of nitrogens with zero attached hydrogens (tertiary/aromatic N) is 2. The lowest BCUT2D eigenvalue weighted by molar-refractivity contribution is -0.143. The van der Waals surface area contributed by atoms with Crippen molar-refractivity contribution in [2.45, 2.75) is 52.9 Å². The summed E-state index contributed by atoms with van der Waals surface area (Å²) < 4.78 is 19.9. The quantitative estimate of drug-likeness (QED) is 0.124. The first kappa shape index (κ1) is 33.3. The van der Waals surface area contributed by atoms with Crippen molar-refractivity contribution in [2.75, 3.05) is 6.61 Å². The highest BCUT2D eigenvalue weighted by Crippen LogP contribution is 2.35. The summed E-state index contributed by atoms with van der Waals surface area (Å²) in [7, 11) is 0. The van der Waals surface area contributed by atoms with Crippen LogP contribution < -0.4 is 24.4 Å². The zero-order valence-electron chi connectivity index (χ0n) is 26.0. The molecule has 0 bridgehead atoms. The van der Waals surface area contributed by atoms with Crippen molar-refractivity contribution in [3.8, 4) is 11.5 Å². The summed E-state index contributed by atoms with van der Waals surface area (Å²) >= 11 is 13.5. The van der Waals surface area contributed by atoms with Gasteiger partial charge in [0, 0.05) is 15.6 Å². The summed E-state index contributed by atoms with van der Waals surface area (Å²) in [6.45, 7) is 11.9. The van der Waals surface area contributed by atoms with Gasteiger partial charge in [0.05, 0.1) is 34.6 Å². The first-order valence-electron chi connectivity index (χ1n) is 14.9. The average molecular weight is 678 g/mol. The fraction of sp³-hybridized carbons (Fsp3) is 0.250. The maximum atomic E-state index is 14.1. The van der Waals surface area contributed by atoms with E-state index in [2.05, 4.69) is 11.6 Å². The number of hydrogen-bond donors (Lipinski definition) is 0. The maximum absolute atomic E-state index is 14.1. The third kappa shape index (κ3) is 7.30. The molecule has 1 aromatic heterocycles. The minimum Gasteiger partial charge on any atom is -0.490 e. The molecule has 0 spiro atoms. The second-order valence-corrected chi connectivity index (χ2v) is 12.8. The van der Waals surface area contributed by atoms with Gasteiger partial charge in [0.15, 0.2) is 16.3 Å². The van der Waals surface area contributed by atoms with E-state index >= 15 is 0 Å². The molecule has 5 rings (SSSR count). The van der Waals surface area contributed by atoms with Crippen LogP contribution in [0.25, 0.3) is 6.08 Å². The zero-order chi connectivity index (χ0) is 33.0. The van der Waals surface area contributed by atoms with Crippen LogP contribution in [0.2, 0.25) is 10.0 Å². The number of aromatic nitrogens is 1. The number of ether oxygens (including phenoxy) is 3. The number of carbonyl (C=O) groups is 1. The molecule has 2 heterocycles. The van der Waals surface area contributed by atoms with Gasteiger partial charge in [-0.2, -0.15) is 0 Å². The highest BCUT2D eigenvalue weighted by Gasteiger charge is 2.33. The van der Waals surface area contributed by atoms with Crippen molar-refractivity contribution in [1.29, 1.82) is 0 Å². The monoisotopic (exact) mass is 676 g/mol. The Morgan fingerprint density at radius 3 is 2.37 bits per heavy atom. The average Bonchev–Trinajstić information content (AvgIpc) is 3.31. The number of fused-ring (bicyclic) bond motifs is 1. The van der Waals surface area contributed by atoms with E-state index in [1.54, 1.807) is 43.5 Å². The lowest BCUT2D eigenvalue weighted by Crippen LogP contribution is -2.40. The Morgan fingerprint density at radius 2 is 1.74 bits per heavy atom. The molecule has 1 atom stereocenters. The van der Waals surface area contributed by atoms with Gasteiger partial charge >= 0.3 is 5.97 Å². The molecule has 0 unspecified atom stereocenters. The molecular formula is C36H34Cl2N2O5S. The first-order valence-corrected chi connectivity index (χ1v) is 16.4. The number of rotatable bonds is 11. The van der Waals surface area contributed by atoms with E-state index in [0.717, 1.165) is 22.3 Å². The van der Waals surface area contributed by atoms with Gasteiger partial charge in [-0.05, 0) is 93.3 Å². The molecule has 0 saturated carbocycles. The van der Waals surface area contributed by atoms with Gasteiger partial charge < -0.3 is 14.2 Å². The Kier molecular flexibility index (Phi) is 10.5. The third-order valence-electron chi connectivity index (χ3n) is 7.18. The SMILES string of the molecule is C=CCc1cc(/C=c2/sc3n(c2=O)[C@H](c2ccc(Cl)cc2)C(C(=O)OC(C)C)=C(C)N=3)cc(OCC)c1OCc1ccc(Cl)cc1. The minimum absolute atomic E-state index is 0.280. The van der Waals surface area contributed by atoms with Gasteiger partial charge in [-0.15, -0.1) is 6.58 Å². The number of halogens is 2. The van der Waals surface area contributed by atoms with Gasteiger partial charge in [-0.25, -0.2) is 9.79 Å². The van der Waals surface area contributed by atoms with Crippen LogP contribution >= 0.6 is 34.5 Å². The molecule has 0 saturated heterocycles. The number of hydrogen-bond acceptors (Lipinski definition) is 7. The predicted molar refractivity (Wildman–Crippen MR) is 184 cm³/mol. The molecule has 0 radical (unpaired) electrons. The van der Waals surface area contributed by atoms with E-state index in [1.165, 1.54) is 11.3 Å². The molecule has 7 nitrogen and oxygen atoms in total. The normalized spacial score (nSPS) is 14.6. The standard InChI is InChI=1S/C36H34Cl2N2O5S/c1-6-8-26-17-24(18-29(43-7-2)33(26)44-20-23-9-13-27(37)14-10-23)19-30-34(41)40-32(25-11-15-28(38)16-12-25)31(35(42)45-21(3)4)22(5)39-36(40)46-30/h6,9-19,21,32H,1,7-8,20H2,2-5H3/b30-19+/t32-/m1/s1. The van der Waals surface area contributed by atoms with Crippen LogP contribution in [-0.2, 0) is 22.6 Å². The van der Waals surface area contributed by atoms with Gasteiger partial charge in [0.2, 0.25) is 0 Å². The molecular weight excluding hydrogens is 643 g/mol. The molecule has 1 aliphatic heterocycles. The smallest absolute Gasteiger partial charge is 0.338 e. The molecule has 1 aliphatic rings. The summed E-state index contributed by atoms with van der Waals surface area (Å²) in [5.74, 6) is 0.653. The van der Waals surface area contributed by atoms with E-state index < -0.39 is 12.0 Å². The van der Waals surface area contributed by atoms with Gasteiger partial charge in [0.1, 0.15) is 6.61 Å². The topological polar surface area (TPSA) is 79.1 Å². The van der Waals surface area contributed by atoms with E-state index in [4.69, 9.17) is 37.4 Å². The Labute approximate surface area is 281 Å². The molecule has 10 heteroatoms. The highest BCUT2D eigenvalue weighted by atomic mass is 35.5. The summed E-state index contributed by atoms with van der Waals surface area (Å²) in [5, 5.41) is 1.20. The Bertz CT molecular complexity index is 1980.